The number of hydrogen-bond donors (Lipinski definition) is 2. The summed E-state index contributed by atoms with van der Waals surface area (Å²) in [7, 11) is 0. The summed E-state index contributed by atoms with van der Waals surface area (Å²) in [6.07, 6.45) is 1.26. The molecule has 0 aliphatic carbocycles. The lowest BCUT2D eigenvalue weighted by Crippen LogP contribution is -2.07. The first-order valence-corrected chi connectivity index (χ1v) is 4.62. The Hall–Kier alpha value is -1.06. The molecule has 0 heterocycles. The Bertz CT molecular complexity index is 179. The van der Waals surface area contributed by atoms with Crippen LogP contribution in [-0.4, -0.2) is 22.2 Å². The normalized spacial score (nSPS) is 10.0. The summed E-state index contributed by atoms with van der Waals surface area (Å²) < 4.78 is 0. The van der Waals surface area contributed by atoms with Gasteiger partial charge in [0.2, 0.25) is 0 Å². The SMILES string of the molecule is CC(C)(C)CCC(=O)O.CCC(=O)O. The molecule has 0 rings (SSSR count). The van der Waals surface area contributed by atoms with Gasteiger partial charge in [-0.25, -0.2) is 0 Å². The summed E-state index contributed by atoms with van der Waals surface area (Å²) in [6.45, 7) is 7.71. The molecular weight excluding hydrogens is 184 g/mol. The number of carboxylic acids is 2. The highest BCUT2D eigenvalue weighted by Gasteiger charge is 2.11. The molecule has 0 fully saturated rings. The Morgan fingerprint density at radius 3 is 1.50 bits per heavy atom. The van der Waals surface area contributed by atoms with E-state index in [9.17, 15) is 9.59 Å². The van der Waals surface area contributed by atoms with Crippen LogP contribution in [0.4, 0.5) is 0 Å². The molecule has 14 heavy (non-hydrogen) atoms. The summed E-state index contributed by atoms with van der Waals surface area (Å²) in [5.74, 6) is -1.45. The topological polar surface area (TPSA) is 74.6 Å². The van der Waals surface area contributed by atoms with Gasteiger partial charge in [0.05, 0.1) is 0 Å². The fourth-order valence-electron chi connectivity index (χ4n) is 0.482. The molecule has 2 N–H and O–H groups in total. The molecular formula is C10H20O4. The van der Waals surface area contributed by atoms with Crippen LogP contribution in [0.25, 0.3) is 0 Å². The van der Waals surface area contributed by atoms with Gasteiger partial charge in [-0.15, -0.1) is 0 Å². The third-order valence-electron chi connectivity index (χ3n) is 1.39. The first-order valence-electron chi connectivity index (χ1n) is 4.62. The number of hydrogen-bond acceptors (Lipinski definition) is 2. The van der Waals surface area contributed by atoms with Crippen LogP contribution < -0.4 is 0 Å². The van der Waals surface area contributed by atoms with Gasteiger partial charge in [-0.2, -0.15) is 0 Å². The van der Waals surface area contributed by atoms with Gasteiger partial charge in [0, 0.05) is 12.8 Å². The van der Waals surface area contributed by atoms with E-state index in [1.807, 2.05) is 20.8 Å². The second-order valence-electron chi connectivity index (χ2n) is 4.20. The minimum absolute atomic E-state index is 0.151. The average molecular weight is 204 g/mol. The van der Waals surface area contributed by atoms with Crippen molar-refractivity contribution in [2.75, 3.05) is 0 Å². The quantitative estimate of drug-likeness (QED) is 0.740. The van der Waals surface area contributed by atoms with E-state index in [1.54, 1.807) is 6.92 Å². The highest BCUT2D eigenvalue weighted by Crippen LogP contribution is 2.19. The zero-order valence-corrected chi connectivity index (χ0v) is 9.33. The van der Waals surface area contributed by atoms with Gasteiger partial charge >= 0.3 is 11.9 Å². The molecule has 4 nitrogen and oxygen atoms in total. The molecule has 0 aliphatic rings. The molecule has 0 atom stereocenters. The first kappa shape index (κ1) is 15.4. The summed E-state index contributed by atoms with van der Waals surface area (Å²) in [4.78, 5) is 19.4. The van der Waals surface area contributed by atoms with Crippen LogP contribution in [0.5, 0.6) is 0 Å². The van der Waals surface area contributed by atoms with E-state index in [0.29, 0.717) is 0 Å². The number of carboxylic acid groups (broad SMARTS) is 2. The lowest BCUT2D eigenvalue weighted by atomic mass is 9.91. The van der Waals surface area contributed by atoms with Crippen LogP contribution in [0.2, 0.25) is 0 Å². The minimum atomic E-state index is -0.745. The minimum Gasteiger partial charge on any atom is -0.481 e. The highest BCUT2D eigenvalue weighted by molar-refractivity contribution is 5.66. The van der Waals surface area contributed by atoms with Gasteiger partial charge in [-0.3, -0.25) is 9.59 Å². The van der Waals surface area contributed by atoms with E-state index < -0.39 is 11.9 Å². The Balaban J connectivity index is 0. The molecule has 0 aliphatic heterocycles. The monoisotopic (exact) mass is 204 g/mol. The van der Waals surface area contributed by atoms with Gasteiger partial charge < -0.3 is 10.2 Å². The Morgan fingerprint density at radius 2 is 1.43 bits per heavy atom. The largest absolute Gasteiger partial charge is 0.481 e. The second kappa shape index (κ2) is 7.35. The molecule has 0 aromatic rings. The molecule has 0 saturated heterocycles. The predicted molar refractivity (Wildman–Crippen MR) is 54.3 cm³/mol. The van der Waals surface area contributed by atoms with E-state index >= 15 is 0 Å². The zero-order chi connectivity index (χ0) is 11.8. The Labute approximate surface area is 84.9 Å². The van der Waals surface area contributed by atoms with Crippen LogP contribution in [0.1, 0.15) is 47.0 Å². The van der Waals surface area contributed by atoms with E-state index in [-0.39, 0.29) is 18.3 Å². The standard InChI is InChI=1S/C7H14O2.C3H6O2/c1-7(2,3)5-4-6(8)9;1-2-3(4)5/h4-5H2,1-3H3,(H,8,9);2H2,1H3,(H,4,5). The molecule has 84 valence electrons. The van der Waals surface area contributed by atoms with Gasteiger partial charge in [-0.1, -0.05) is 27.7 Å². The van der Waals surface area contributed by atoms with E-state index in [2.05, 4.69) is 0 Å². The van der Waals surface area contributed by atoms with E-state index in [1.165, 1.54) is 0 Å². The van der Waals surface area contributed by atoms with Crippen molar-refractivity contribution < 1.29 is 19.8 Å². The maximum Gasteiger partial charge on any atom is 0.303 e. The van der Waals surface area contributed by atoms with Crippen LogP contribution >= 0.6 is 0 Å². The summed E-state index contributed by atoms with van der Waals surface area (Å²) in [5.41, 5.74) is 0.151. The van der Waals surface area contributed by atoms with Crippen molar-refractivity contribution >= 4 is 11.9 Å². The molecule has 0 amide bonds. The Morgan fingerprint density at radius 1 is 1.07 bits per heavy atom. The third kappa shape index (κ3) is 22.4. The molecule has 0 saturated carbocycles. The molecule has 0 unspecified atom stereocenters. The predicted octanol–water partition coefficient (Wildman–Crippen LogP) is 2.38. The lowest BCUT2D eigenvalue weighted by molar-refractivity contribution is -0.138. The maximum atomic E-state index is 10.0. The molecule has 0 radical (unpaired) electrons. The van der Waals surface area contributed by atoms with Crippen molar-refractivity contribution in [2.24, 2.45) is 5.41 Å². The third-order valence-corrected chi connectivity index (χ3v) is 1.39. The molecule has 0 bridgehead atoms. The second-order valence-corrected chi connectivity index (χ2v) is 4.20. The molecule has 0 aromatic carbocycles. The van der Waals surface area contributed by atoms with Gasteiger partial charge in [0.15, 0.2) is 0 Å². The number of carbonyl (C=O) groups is 2. The Kier molecular flexibility index (Phi) is 8.10. The fourth-order valence-corrected chi connectivity index (χ4v) is 0.482. The molecule has 4 heteroatoms. The summed E-state index contributed by atoms with van der Waals surface area (Å²) in [5, 5.41) is 16.0. The fraction of sp³-hybridized carbons (Fsp3) is 0.800. The molecule has 0 spiro atoms. The van der Waals surface area contributed by atoms with E-state index in [0.717, 1.165) is 6.42 Å². The van der Waals surface area contributed by atoms with Gasteiger partial charge in [0.25, 0.3) is 0 Å². The van der Waals surface area contributed by atoms with Crippen molar-refractivity contribution in [3.05, 3.63) is 0 Å². The maximum absolute atomic E-state index is 10.0. The van der Waals surface area contributed by atoms with Crippen LogP contribution in [0.15, 0.2) is 0 Å². The van der Waals surface area contributed by atoms with Crippen LogP contribution in [0.3, 0.4) is 0 Å². The smallest absolute Gasteiger partial charge is 0.303 e. The van der Waals surface area contributed by atoms with Crippen LogP contribution in [-0.2, 0) is 9.59 Å². The first-order chi connectivity index (χ1) is 6.19. The van der Waals surface area contributed by atoms with Crippen molar-refractivity contribution in [3.63, 3.8) is 0 Å². The molecule has 0 aromatic heterocycles. The lowest BCUT2D eigenvalue weighted by Gasteiger charge is -2.15. The van der Waals surface area contributed by atoms with Gasteiger partial charge in [-0.05, 0) is 11.8 Å². The van der Waals surface area contributed by atoms with E-state index in [4.69, 9.17) is 10.2 Å². The zero-order valence-electron chi connectivity index (χ0n) is 9.33. The van der Waals surface area contributed by atoms with Crippen molar-refractivity contribution in [1.82, 2.24) is 0 Å². The highest BCUT2D eigenvalue weighted by atomic mass is 16.4. The summed E-state index contributed by atoms with van der Waals surface area (Å²) >= 11 is 0. The van der Waals surface area contributed by atoms with Crippen molar-refractivity contribution in [1.29, 1.82) is 0 Å². The average Bonchev–Trinajstić information content (AvgIpc) is 2.01. The number of aliphatic carboxylic acids is 2. The number of rotatable bonds is 3. The summed E-state index contributed by atoms with van der Waals surface area (Å²) in [6, 6.07) is 0. The van der Waals surface area contributed by atoms with Crippen molar-refractivity contribution in [2.45, 2.75) is 47.0 Å². The van der Waals surface area contributed by atoms with Crippen molar-refractivity contribution in [3.8, 4) is 0 Å². The van der Waals surface area contributed by atoms with Gasteiger partial charge in [0.1, 0.15) is 0 Å². The van der Waals surface area contributed by atoms with Crippen LogP contribution in [0, 0.1) is 5.41 Å².